The molecule has 0 amide bonds. The van der Waals surface area contributed by atoms with Gasteiger partial charge in [0.05, 0.1) is 11.3 Å². The molecule has 1 heterocycles. The van der Waals surface area contributed by atoms with Crippen LogP contribution in [0, 0.1) is 5.82 Å². The third-order valence-electron chi connectivity index (χ3n) is 2.40. The Balaban J connectivity index is 2.51. The maximum Gasteiger partial charge on any atom is 0.134 e. The lowest BCUT2D eigenvalue weighted by atomic mass is 10.2. The van der Waals surface area contributed by atoms with Gasteiger partial charge in [0.25, 0.3) is 0 Å². The van der Waals surface area contributed by atoms with Crippen molar-refractivity contribution in [2.24, 2.45) is 5.73 Å². The van der Waals surface area contributed by atoms with Crippen LogP contribution in [-0.2, 0) is 0 Å². The van der Waals surface area contributed by atoms with E-state index in [1.54, 1.807) is 6.07 Å². The quantitative estimate of drug-likeness (QED) is 0.863. The average molecular weight is 268 g/mol. The van der Waals surface area contributed by atoms with Gasteiger partial charge in [0.1, 0.15) is 10.8 Å². The molecule has 0 aliphatic heterocycles. The fourth-order valence-electron chi connectivity index (χ4n) is 1.49. The lowest BCUT2D eigenvalue weighted by molar-refractivity contribution is 0.628. The Morgan fingerprint density at radius 2 is 2.24 bits per heavy atom. The number of thiazole rings is 1. The van der Waals surface area contributed by atoms with Gasteiger partial charge >= 0.3 is 0 Å². The fourth-order valence-corrected chi connectivity index (χ4v) is 3.15. The van der Waals surface area contributed by atoms with Gasteiger partial charge in [0.2, 0.25) is 0 Å². The van der Waals surface area contributed by atoms with E-state index in [1.165, 1.54) is 29.2 Å². The van der Waals surface area contributed by atoms with Crippen molar-refractivity contribution in [2.75, 3.05) is 6.26 Å². The molecule has 2 aromatic rings. The number of aromatic nitrogens is 1. The molecule has 0 spiro atoms. The second-order valence-electron chi connectivity index (χ2n) is 3.68. The van der Waals surface area contributed by atoms with Gasteiger partial charge < -0.3 is 5.73 Å². The largest absolute Gasteiger partial charge is 0.323 e. The zero-order valence-electron chi connectivity index (χ0n) is 9.61. The van der Waals surface area contributed by atoms with Crippen LogP contribution in [0.5, 0.6) is 0 Å². The van der Waals surface area contributed by atoms with Gasteiger partial charge in [-0.1, -0.05) is 6.07 Å². The normalized spacial score (nSPS) is 12.7. The molecule has 1 unspecified atom stereocenters. The second-order valence-corrected chi connectivity index (χ2v) is 5.39. The van der Waals surface area contributed by atoms with Crippen molar-refractivity contribution in [2.45, 2.75) is 17.9 Å². The van der Waals surface area contributed by atoms with Gasteiger partial charge in [-0.15, -0.1) is 23.1 Å². The third-order valence-corrected chi connectivity index (χ3v) is 4.06. The van der Waals surface area contributed by atoms with Crippen LogP contribution in [0.15, 0.2) is 28.5 Å². The molecule has 90 valence electrons. The predicted molar refractivity (Wildman–Crippen MR) is 71.9 cm³/mol. The molecule has 0 bridgehead atoms. The molecule has 5 heteroatoms. The SMILES string of the molecule is CSc1cccc(F)c1-c1nc(C(C)N)cs1. The molecular formula is C12H13FN2S2. The summed E-state index contributed by atoms with van der Waals surface area (Å²) in [6.45, 7) is 1.87. The van der Waals surface area contributed by atoms with Gasteiger partial charge in [-0.05, 0) is 25.3 Å². The van der Waals surface area contributed by atoms with Gasteiger partial charge in [0, 0.05) is 16.3 Å². The number of hydrogen-bond acceptors (Lipinski definition) is 4. The summed E-state index contributed by atoms with van der Waals surface area (Å²) in [6.07, 6.45) is 1.93. The van der Waals surface area contributed by atoms with Gasteiger partial charge in [-0.3, -0.25) is 0 Å². The monoisotopic (exact) mass is 268 g/mol. The molecule has 0 radical (unpaired) electrons. The average Bonchev–Trinajstić information content (AvgIpc) is 2.77. The standard InChI is InChI=1S/C12H13FN2S2/c1-7(14)9-6-17-12(15-9)11-8(13)4-3-5-10(11)16-2/h3-7H,14H2,1-2H3. The topological polar surface area (TPSA) is 38.9 Å². The van der Waals surface area contributed by atoms with E-state index in [0.29, 0.717) is 10.6 Å². The van der Waals surface area contributed by atoms with Crippen molar-refractivity contribution >= 4 is 23.1 Å². The van der Waals surface area contributed by atoms with Crippen molar-refractivity contribution in [1.29, 1.82) is 0 Å². The molecule has 2 N–H and O–H groups in total. The summed E-state index contributed by atoms with van der Waals surface area (Å²) in [6, 6.07) is 4.95. The van der Waals surface area contributed by atoms with Crippen LogP contribution in [0.1, 0.15) is 18.7 Å². The summed E-state index contributed by atoms with van der Waals surface area (Å²) >= 11 is 2.95. The minimum absolute atomic E-state index is 0.121. The van der Waals surface area contributed by atoms with Crippen molar-refractivity contribution in [3.8, 4) is 10.6 Å². The highest BCUT2D eigenvalue weighted by molar-refractivity contribution is 7.98. The van der Waals surface area contributed by atoms with Crippen molar-refractivity contribution in [3.63, 3.8) is 0 Å². The molecule has 1 atom stereocenters. The Morgan fingerprint density at radius 3 is 2.82 bits per heavy atom. The predicted octanol–water partition coefficient (Wildman–Crippen LogP) is 3.69. The van der Waals surface area contributed by atoms with Gasteiger partial charge in [-0.2, -0.15) is 0 Å². The molecule has 0 aliphatic carbocycles. The zero-order chi connectivity index (χ0) is 12.4. The summed E-state index contributed by atoms with van der Waals surface area (Å²) in [4.78, 5) is 5.29. The molecule has 0 fully saturated rings. The number of thioether (sulfide) groups is 1. The van der Waals surface area contributed by atoms with E-state index < -0.39 is 0 Å². The van der Waals surface area contributed by atoms with Gasteiger partial charge in [-0.25, -0.2) is 9.37 Å². The molecule has 0 saturated carbocycles. The third kappa shape index (κ3) is 2.51. The number of halogens is 1. The lowest BCUT2D eigenvalue weighted by Gasteiger charge is -2.05. The summed E-state index contributed by atoms with van der Waals surface area (Å²) in [7, 11) is 0. The maximum atomic E-state index is 13.9. The molecule has 17 heavy (non-hydrogen) atoms. The molecule has 2 rings (SSSR count). The van der Waals surface area contributed by atoms with Crippen LogP contribution in [0.25, 0.3) is 10.6 Å². The van der Waals surface area contributed by atoms with E-state index in [0.717, 1.165) is 10.6 Å². The summed E-state index contributed by atoms with van der Waals surface area (Å²) in [5.41, 5.74) is 7.15. The van der Waals surface area contributed by atoms with E-state index >= 15 is 0 Å². The number of nitrogens with zero attached hydrogens (tertiary/aromatic N) is 1. The first kappa shape index (κ1) is 12.5. The lowest BCUT2D eigenvalue weighted by Crippen LogP contribution is -2.04. The smallest absolute Gasteiger partial charge is 0.134 e. The highest BCUT2D eigenvalue weighted by atomic mass is 32.2. The second kappa shape index (κ2) is 5.16. The zero-order valence-corrected chi connectivity index (χ0v) is 11.2. The Kier molecular flexibility index (Phi) is 3.81. The van der Waals surface area contributed by atoms with Crippen molar-refractivity contribution < 1.29 is 4.39 Å². The van der Waals surface area contributed by atoms with E-state index in [2.05, 4.69) is 4.98 Å². The van der Waals surface area contributed by atoms with Gasteiger partial charge in [0.15, 0.2) is 0 Å². The van der Waals surface area contributed by atoms with E-state index in [1.807, 2.05) is 24.6 Å². The first-order valence-corrected chi connectivity index (χ1v) is 7.27. The van der Waals surface area contributed by atoms with Crippen LogP contribution >= 0.6 is 23.1 Å². The summed E-state index contributed by atoms with van der Waals surface area (Å²) < 4.78 is 13.9. The molecule has 1 aromatic carbocycles. The van der Waals surface area contributed by atoms with Crippen molar-refractivity contribution in [1.82, 2.24) is 4.98 Å². The molecule has 0 aliphatic rings. The fraction of sp³-hybridized carbons (Fsp3) is 0.250. The van der Waals surface area contributed by atoms with Crippen molar-refractivity contribution in [3.05, 3.63) is 35.1 Å². The Morgan fingerprint density at radius 1 is 1.47 bits per heavy atom. The van der Waals surface area contributed by atoms with Crippen LogP contribution in [0.4, 0.5) is 4.39 Å². The van der Waals surface area contributed by atoms with Crippen LogP contribution in [0.2, 0.25) is 0 Å². The number of hydrogen-bond donors (Lipinski definition) is 1. The number of rotatable bonds is 3. The highest BCUT2D eigenvalue weighted by Crippen LogP contribution is 2.34. The maximum absolute atomic E-state index is 13.9. The first-order valence-electron chi connectivity index (χ1n) is 5.17. The molecule has 1 aromatic heterocycles. The molecule has 0 saturated heterocycles. The van der Waals surface area contributed by atoms with Crippen LogP contribution < -0.4 is 5.73 Å². The van der Waals surface area contributed by atoms with E-state index in [9.17, 15) is 4.39 Å². The van der Waals surface area contributed by atoms with Crippen LogP contribution in [0.3, 0.4) is 0 Å². The highest BCUT2D eigenvalue weighted by Gasteiger charge is 2.15. The minimum atomic E-state index is -0.234. The van der Waals surface area contributed by atoms with E-state index in [4.69, 9.17) is 5.73 Å². The van der Waals surface area contributed by atoms with Crippen LogP contribution in [-0.4, -0.2) is 11.2 Å². The summed E-state index contributed by atoms with van der Waals surface area (Å²) in [5, 5.41) is 2.58. The Bertz CT molecular complexity index is 523. The minimum Gasteiger partial charge on any atom is -0.323 e. The number of nitrogens with two attached hydrogens (primary N) is 1. The first-order chi connectivity index (χ1) is 8.13. The summed E-state index contributed by atoms with van der Waals surface area (Å²) in [5.74, 6) is -0.234. The van der Waals surface area contributed by atoms with E-state index in [-0.39, 0.29) is 11.9 Å². The number of benzene rings is 1. The molecular weight excluding hydrogens is 255 g/mol. The Hall–Kier alpha value is -0.910. The Labute approximate surface area is 108 Å². The molecule has 2 nitrogen and oxygen atoms in total.